The van der Waals surface area contributed by atoms with Gasteiger partial charge in [0.25, 0.3) is 0 Å². The highest BCUT2D eigenvalue weighted by molar-refractivity contribution is 6.10. The third-order valence-corrected chi connectivity index (χ3v) is 2.46. The first-order valence-electron chi connectivity index (χ1n) is 4.32. The Kier molecular flexibility index (Phi) is 1.79. The zero-order valence-electron chi connectivity index (χ0n) is 7.49. The lowest BCUT2D eigenvalue weighted by molar-refractivity contribution is -0.127. The van der Waals surface area contributed by atoms with Crippen molar-refractivity contribution in [3.05, 3.63) is 23.9 Å². The molecule has 0 aromatic heterocycles. The molecule has 0 radical (unpaired) electrons. The number of hydrogen-bond acceptors (Lipinski definition) is 3. The first-order valence-corrected chi connectivity index (χ1v) is 4.32. The molecule has 68 valence electrons. The minimum atomic E-state index is -0.0762. The summed E-state index contributed by atoms with van der Waals surface area (Å²) in [6, 6.07) is 0. The van der Waals surface area contributed by atoms with Gasteiger partial charge in [-0.1, -0.05) is 0 Å². The van der Waals surface area contributed by atoms with Crippen LogP contribution in [0.4, 0.5) is 0 Å². The van der Waals surface area contributed by atoms with Gasteiger partial charge < -0.3 is 4.90 Å². The molecule has 0 aromatic carbocycles. The zero-order valence-corrected chi connectivity index (χ0v) is 7.49. The van der Waals surface area contributed by atoms with Crippen molar-refractivity contribution in [2.75, 3.05) is 13.6 Å². The van der Waals surface area contributed by atoms with Gasteiger partial charge in [-0.15, -0.1) is 0 Å². The van der Waals surface area contributed by atoms with Gasteiger partial charge >= 0.3 is 0 Å². The Morgan fingerprint density at radius 2 is 2.23 bits per heavy atom. The first-order chi connectivity index (χ1) is 6.16. The van der Waals surface area contributed by atoms with E-state index in [4.69, 9.17) is 0 Å². The molecule has 1 heterocycles. The van der Waals surface area contributed by atoms with Crippen molar-refractivity contribution in [2.45, 2.75) is 6.42 Å². The van der Waals surface area contributed by atoms with Crippen LogP contribution in [0.2, 0.25) is 0 Å². The predicted molar refractivity (Wildman–Crippen MR) is 48.0 cm³/mol. The molecule has 1 atom stereocenters. The van der Waals surface area contributed by atoms with Crippen LogP contribution in [0.15, 0.2) is 23.9 Å². The van der Waals surface area contributed by atoms with Gasteiger partial charge in [0.15, 0.2) is 5.78 Å². The molecule has 3 nitrogen and oxygen atoms in total. The molecule has 1 aliphatic heterocycles. The molecule has 0 saturated heterocycles. The molecule has 0 spiro atoms. The van der Waals surface area contributed by atoms with Gasteiger partial charge in [0.05, 0.1) is 12.3 Å². The fourth-order valence-electron chi connectivity index (χ4n) is 1.75. The summed E-state index contributed by atoms with van der Waals surface area (Å²) in [5.41, 5.74) is 0.874. The van der Waals surface area contributed by atoms with Gasteiger partial charge in [0.1, 0.15) is 5.78 Å². The van der Waals surface area contributed by atoms with Gasteiger partial charge in [0, 0.05) is 13.6 Å². The second kappa shape index (κ2) is 2.83. The fourth-order valence-corrected chi connectivity index (χ4v) is 1.75. The van der Waals surface area contributed by atoms with Crippen LogP contribution >= 0.6 is 0 Å². The molecule has 0 fully saturated rings. The number of Topliss-reactive ketones (excluding diaryl/α,β-unsaturated/α-hetero) is 1. The average Bonchev–Trinajstić information content (AvgIpc) is 2.06. The minimum Gasteiger partial charge on any atom is -0.379 e. The lowest BCUT2D eigenvalue weighted by atomic mass is 9.84. The number of nitrogens with zero attached hydrogens (tertiary/aromatic N) is 1. The van der Waals surface area contributed by atoms with Crippen molar-refractivity contribution in [2.24, 2.45) is 5.92 Å². The smallest absolute Gasteiger partial charge is 0.163 e. The van der Waals surface area contributed by atoms with Crippen LogP contribution in [-0.2, 0) is 9.59 Å². The third-order valence-electron chi connectivity index (χ3n) is 2.46. The Labute approximate surface area is 76.7 Å². The van der Waals surface area contributed by atoms with Gasteiger partial charge in [-0.2, -0.15) is 0 Å². The van der Waals surface area contributed by atoms with Crippen LogP contribution in [0.25, 0.3) is 0 Å². The quantitative estimate of drug-likeness (QED) is 0.506. The Bertz CT molecular complexity index is 328. The first kappa shape index (κ1) is 8.23. The van der Waals surface area contributed by atoms with Crippen LogP contribution in [0, 0.1) is 5.92 Å². The molecule has 13 heavy (non-hydrogen) atoms. The number of fused-ring (bicyclic) bond motifs is 1. The van der Waals surface area contributed by atoms with Crippen LogP contribution in [0.1, 0.15) is 6.42 Å². The van der Waals surface area contributed by atoms with E-state index in [-0.39, 0.29) is 23.9 Å². The van der Waals surface area contributed by atoms with E-state index in [9.17, 15) is 9.59 Å². The fraction of sp³-hybridized carbons (Fsp3) is 0.400. The van der Waals surface area contributed by atoms with E-state index in [2.05, 4.69) is 0 Å². The summed E-state index contributed by atoms with van der Waals surface area (Å²) in [5, 5.41) is 0. The van der Waals surface area contributed by atoms with E-state index in [1.165, 1.54) is 0 Å². The van der Waals surface area contributed by atoms with Crippen molar-refractivity contribution < 1.29 is 9.59 Å². The van der Waals surface area contributed by atoms with Crippen molar-refractivity contribution in [1.82, 2.24) is 4.90 Å². The maximum atomic E-state index is 11.5. The van der Waals surface area contributed by atoms with E-state index >= 15 is 0 Å². The van der Waals surface area contributed by atoms with E-state index in [1.807, 2.05) is 24.2 Å². The van der Waals surface area contributed by atoms with Gasteiger partial charge in [-0.25, -0.2) is 0 Å². The van der Waals surface area contributed by atoms with E-state index in [1.54, 1.807) is 6.08 Å². The molecular formula is C10H11NO2. The summed E-state index contributed by atoms with van der Waals surface area (Å²) in [6.07, 6.45) is 5.42. The topological polar surface area (TPSA) is 37.4 Å². The summed E-state index contributed by atoms with van der Waals surface area (Å²) >= 11 is 0. The van der Waals surface area contributed by atoms with Crippen LogP contribution < -0.4 is 0 Å². The summed E-state index contributed by atoms with van der Waals surface area (Å²) < 4.78 is 0. The molecule has 0 saturated carbocycles. The highest BCUT2D eigenvalue weighted by Gasteiger charge is 2.30. The van der Waals surface area contributed by atoms with Crippen molar-refractivity contribution in [3.8, 4) is 0 Å². The number of allylic oxidation sites excluding steroid dienone is 2. The van der Waals surface area contributed by atoms with Gasteiger partial charge in [-0.05, 0) is 23.9 Å². The average molecular weight is 177 g/mol. The van der Waals surface area contributed by atoms with Crippen LogP contribution in [-0.4, -0.2) is 30.1 Å². The van der Waals surface area contributed by atoms with Crippen LogP contribution in [0.3, 0.4) is 0 Å². The molecule has 1 unspecified atom stereocenters. The number of hydrogen-bond donors (Lipinski definition) is 0. The number of carbonyl (C=O) groups excluding carboxylic acids is 2. The SMILES string of the molecule is CN1C=CC2=CC(=O)CC(=O)C2C1. The summed E-state index contributed by atoms with van der Waals surface area (Å²) in [6.45, 7) is 0.703. The molecule has 1 aliphatic carbocycles. The highest BCUT2D eigenvalue weighted by Crippen LogP contribution is 2.25. The zero-order chi connectivity index (χ0) is 9.42. The lowest BCUT2D eigenvalue weighted by Gasteiger charge is -2.29. The van der Waals surface area contributed by atoms with Crippen molar-refractivity contribution in [1.29, 1.82) is 0 Å². The normalized spacial score (nSPS) is 27.3. The largest absolute Gasteiger partial charge is 0.379 e. The number of rotatable bonds is 0. The monoisotopic (exact) mass is 177 g/mol. The Morgan fingerprint density at radius 3 is 3.00 bits per heavy atom. The van der Waals surface area contributed by atoms with E-state index in [0.717, 1.165) is 5.57 Å². The van der Waals surface area contributed by atoms with E-state index in [0.29, 0.717) is 6.54 Å². The second-order valence-corrected chi connectivity index (χ2v) is 3.56. The Morgan fingerprint density at radius 1 is 1.46 bits per heavy atom. The molecule has 0 N–H and O–H groups in total. The van der Waals surface area contributed by atoms with Crippen molar-refractivity contribution >= 4 is 11.6 Å². The Hall–Kier alpha value is -1.38. The molecular weight excluding hydrogens is 166 g/mol. The molecule has 0 bridgehead atoms. The molecule has 0 amide bonds. The number of ketones is 2. The maximum Gasteiger partial charge on any atom is 0.163 e. The van der Waals surface area contributed by atoms with Gasteiger partial charge in [-0.3, -0.25) is 9.59 Å². The Balaban J connectivity index is 2.37. The maximum absolute atomic E-state index is 11.5. The standard InChI is InChI=1S/C10H11NO2/c1-11-3-2-7-4-8(12)5-10(13)9(7)6-11/h2-4,9H,5-6H2,1H3. The summed E-state index contributed by atoms with van der Waals surface area (Å²) in [4.78, 5) is 24.5. The minimum absolute atomic E-state index is 0.0544. The highest BCUT2D eigenvalue weighted by atomic mass is 16.1. The summed E-state index contributed by atoms with van der Waals surface area (Å²) in [5.74, 6) is -0.0862. The summed E-state index contributed by atoms with van der Waals surface area (Å²) in [7, 11) is 1.93. The van der Waals surface area contributed by atoms with Crippen molar-refractivity contribution in [3.63, 3.8) is 0 Å². The number of carbonyl (C=O) groups is 2. The van der Waals surface area contributed by atoms with Crippen LogP contribution in [0.5, 0.6) is 0 Å². The third kappa shape index (κ3) is 1.41. The van der Waals surface area contributed by atoms with Gasteiger partial charge in [0.2, 0.25) is 0 Å². The predicted octanol–water partition coefficient (Wildman–Crippen LogP) is 0.530. The molecule has 0 aromatic rings. The molecule has 2 aliphatic rings. The molecule has 2 rings (SSSR count). The second-order valence-electron chi connectivity index (χ2n) is 3.56. The van der Waals surface area contributed by atoms with E-state index < -0.39 is 0 Å². The molecule has 3 heteroatoms. The lowest BCUT2D eigenvalue weighted by Crippen LogP contribution is -2.35.